The Balaban J connectivity index is 1.20. The number of nitrogens with zero attached hydrogens (tertiary/aromatic N) is 6. The summed E-state index contributed by atoms with van der Waals surface area (Å²) >= 11 is 0. The molecular weight excluding hydrogens is 420 g/mol. The summed E-state index contributed by atoms with van der Waals surface area (Å²) in [7, 11) is 0. The fourth-order valence-electron chi connectivity index (χ4n) is 3.32. The van der Waals surface area contributed by atoms with Gasteiger partial charge in [-0.15, -0.1) is 10.2 Å². The molecule has 0 atom stereocenters. The molecule has 0 amide bonds. The maximum absolute atomic E-state index is 4.15. The van der Waals surface area contributed by atoms with Gasteiger partial charge in [0.2, 0.25) is 0 Å². The lowest BCUT2D eigenvalue weighted by molar-refractivity contribution is 0.649. The van der Waals surface area contributed by atoms with Crippen LogP contribution in [-0.2, 0) is 13.1 Å². The van der Waals surface area contributed by atoms with Crippen molar-refractivity contribution in [2.45, 2.75) is 13.1 Å². The van der Waals surface area contributed by atoms with Crippen LogP contribution < -0.4 is 0 Å². The topological polar surface area (TPSA) is 61.4 Å². The van der Waals surface area contributed by atoms with Crippen LogP contribution in [0.4, 0.5) is 0 Å². The van der Waals surface area contributed by atoms with Crippen molar-refractivity contribution in [1.82, 2.24) is 30.0 Å². The van der Waals surface area contributed by atoms with Gasteiger partial charge in [-0.25, -0.2) is 9.36 Å². The minimum Gasteiger partial charge on any atom is -0.247 e. The highest BCUT2D eigenvalue weighted by Gasteiger charge is 2.00. The molecule has 0 radical (unpaired) electrons. The normalized spacial score (nSPS) is 10.1. The molecule has 6 heteroatoms. The van der Waals surface area contributed by atoms with Crippen LogP contribution in [0.15, 0.2) is 97.3 Å². The van der Waals surface area contributed by atoms with Gasteiger partial charge in [-0.1, -0.05) is 82.9 Å². The van der Waals surface area contributed by atoms with Crippen molar-refractivity contribution in [3.63, 3.8) is 0 Å². The molecule has 0 aliphatic carbocycles. The van der Waals surface area contributed by atoms with Crippen molar-refractivity contribution in [3.05, 3.63) is 131 Å². The number of hydrogen-bond acceptors (Lipinski definition) is 4. The molecule has 0 aliphatic rings. The van der Waals surface area contributed by atoms with Gasteiger partial charge < -0.3 is 0 Å². The van der Waals surface area contributed by atoms with E-state index in [2.05, 4.69) is 68.6 Å². The minimum atomic E-state index is 0.637. The molecule has 162 valence electrons. The van der Waals surface area contributed by atoms with E-state index in [1.807, 2.05) is 73.1 Å². The van der Waals surface area contributed by atoms with Gasteiger partial charge in [-0.3, -0.25) is 0 Å². The van der Waals surface area contributed by atoms with Gasteiger partial charge in [-0.2, -0.15) is 0 Å². The molecule has 3 aromatic carbocycles. The van der Waals surface area contributed by atoms with Crippen molar-refractivity contribution < 1.29 is 0 Å². The quantitative estimate of drug-likeness (QED) is 0.399. The monoisotopic (exact) mass is 440 g/mol. The first-order chi connectivity index (χ1) is 16.8. The van der Waals surface area contributed by atoms with E-state index in [-0.39, 0.29) is 0 Å². The lowest BCUT2D eigenvalue weighted by atomic mass is 10.1. The third-order valence-electron chi connectivity index (χ3n) is 5.01. The van der Waals surface area contributed by atoms with Gasteiger partial charge in [0.25, 0.3) is 0 Å². The average Bonchev–Trinajstić information content (AvgIpc) is 3.52. The van der Waals surface area contributed by atoms with Gasteiger partial charge in [0.15, 0.2) is 11.4 Å². The highest BCUT2D eigenvalue weighted by molar-refractivity contribution is 5.45. The summed E-state index contributed by atoms with van der Waals surface area (Å²) in [5.74, 6) is 12.4. The van der Waals surface area contributed by atoms with Crippen LogP contribution in [0.5, 0.6) is 0 Å². The second kappa shape index (κ2) is 10.1. The molecule has 0 saturated heterocycles. The second-order valence-corrected chi connectivity index (χ2v) is 7.65. The summed E-state index contributed by atoms with van der Waals surface area (Å²) in [6, 6.07) is 28.0. The molecule has 0 N–H and O–H groups in total. The number of hydrogen-bond donors (Lipinski definition) is 0. The van der Waals surface area contributed by atoms with Crippen LogP contribution in [0, 0.1) is 23.7 Å². The van der Waals surface area contributed by atoms with E-state index in [0.29, 0.717) is 24.5 Å². The first kappa shape index (κ1) is 20.9. The Bertz CT molecular complexity index is 1370. The molecule has 34 heavy (non-hydrogen) atoms. The third-order valence-corrected chi connectivity index (χ3v) is 5.01. The molecule has 0 aliphatic heterocycles. The number of aromatic nitrogens is 6. The standard InChI is InChI=1S/C28H20N6/c1-3-7-25(8-4-1)19-33-21-27(29-31-33)17-15-23-11-13-24(14-12-23)16-18-28-22-34(32-30-28)20-26-9-5-2-6-10-26/h1-14,21-22H,19-20H2. The van der Waals surface area contributed by atoms with E-state index in [1.54, 1.807) is 9.36 Å². The molecule has 5 rings (SSSR count). The summed E-state index contributed by atoms with van der Waals surface area (Å²) in [6.45, 7) is 1.34. The fourth-order valence-corrected chi connectivity index (χ4v) is 3.32. The zero-order chi connectivity index (χ0) is 23.0. The van der Waals surface area contributed by atoms with Crippen LogP contribution in [0.25, 0.3) is 0 Å². The van der Waals surface area contributed by atoms with Crippen molar-refractivity contribution in [3.8, 4) is 23.7 Å². The Morgan fingerprint density at radius 1 is 0.500 bits per heavy atom. The summed E-state index contributed by atoms with van der Waals surface area (Å²) in [5, 5.41) is 16.6. The minimum absolute atomic E-state index is 0.637. The van der Waals surface area contributed by atoms with Crippen molar-refractivity contribution in [2.24, 2.45) is 0 Å². The van der Waals surface area contributed by atoms with E-state index in [1.165, 1.54) is 11.1 Å². The van der Waals surface area contributed by atoms with E-state index in [9.17, 15) is 0 Å². The zero-order valence-corrected chi connectivity index (χ0v) is 18.3. The number of benzene rings is 3. The molecule has 2 aromatic heterocycles. The second-order valence-electron chi connectivity index (χ2n) is 7.65. The third kappa shape index (κ3) is 5.64. The van der Waals surface area contributed by atoms with Crippen LogP contribution in [0.2, 0.25) is 0 Å². The summed E-state index contributed by atoms with van der Waals surface area (Å²) in [5.41, 5.74) is 5.38. The molecule has 0 unspecified atom stereocenters. The summed E-state index contributed by atoms with van der Waals surface area (Å²) in [6.07, 6.45) is 3.70. The van der Waals surface area contributed by atoms with Gasteiger partial charge in [0.1, 0.15) is 0 Å². The molecule has 6 nitrogen and oxygen atoms in total. The molecule has 0 spiro atoms. The Hall–Kier alpha value is -4.94. The van der Waals surface area contributed by atoms with Crippen LogP contribution in [0.1, 0.15) is 33.6 Å². The predicted molar refractivity (Wildman–Crippen MR) is 130 cm³/mol. The molecule has 0 fully saturated rings. The lowest BCUT2D eigenvalue weighted by Gasteiger charge is -1.98. The molecule has 0 saturated carbocycles. The van der Waals surface area contributed by atoms with Gasteiger partial charge in [-0.05, 0) is 47.2 Å². The Morgan fingerprint density at radius 2 is 0.912 bits per heavy atom. The smallest absolute Gasteiger partial charge is 0.155 e. The van der Waals surface area contributed by atoms with Crippen molar-refractivity contribution in [2.75, 3.05) is 0 Å². The zero-order valence-electron chi connectivity index (χ0n) is 18.3. The molecular formula is C28H20N6. The van der Waals surface area contributed by atoms with E-state index in [0.717, 1.165) is 11.1 Å². The lowest BCUT2D eigenvalue weighted by Crippen LogP contribution is -1.99. The highest BCUT2D eigenvalue weighted by atomic mass is 15.4. The SMILES string of the molecule is C(#Cc1cn(Cc2ccccc2)nn1)c1ccc(C#Cc2cn(Cc3ccccc3)nn2)cc1. The first-order valence-electron chi connectivity index (χ1n) is 10.8. The highest BCUT2D eigenvalue weighted by Crippen LogP contribution is 2.05. The Morgan fingerprint density at radius 3 is 1.32 bits per heavy atom. The maximum atomic E-state index is 4.15. The first-order valence-corrected chi connectivity index (χ1v) is 10.8. The van der Waals surface area contributed by atoms with Gasteiger partial charge in [0, 0.05) is 11.1 Å². The van der Waals surface area contributed by atoms with E-state index >= 15 is 0 Å². The van der Waals surface area contributed by atoms with Crippen LogP contribution in [-0.4, -0.2) is 30.0 Å². The van der Waals surface area contributed by atoms with Crippen molar-refractivity contribution in [1.29, 1.82) is 0 Å². The van der Waals surface area contributed by atoms with E-state index in [4.69, 9.17) is 0 Å². The van der Waals surface area contributed by atoms with Crippen LogP contribution in [0.3, 0.4) is 0 Å². The van der Waals surface area contributed by atoms with Gasteiger partial charge >= 0.3 is 0 Å². The summed E-state index contributed by atoms with van der Waals surface area (Å²) < 4.78 is 3.57. The fraction of sp³-hybridized carbons (Fsp3) is 0.0714. The largest absolute Gasteiger partial charge is 0.247 e. The Labute approximate surface area is 197 Å². The maximum Gasteiger partial charge on any atom is 0.155 e. The average molecular weight is 441 g/mol. The summed E-state index contributed by atoms with van der Waals surface area (Å²) in [4.78, 5) is 0. The Kier molecular flexibility index (Phi) is 6.23. The van der Waals surface area contributed by atoms with Crippen molar-refractivity contribution >= 4 is 0 Å². The van der Waals surface area contributed by atoms with Crippen LogP contribution >= 0.6 is 0 Å². The molecule has 2 heterocycles. The number of rotatable bonds is 4. The molecule has 0 bridgehead atoms. The van der Waals surface area contributed by atoms with E-state index < -0.39 is 0 Å². The van der Waals surface area contributed by atoms with Gasteiger partial charge in [0.05, 0.1) is 25.5 Å². The predicted octanol–water partition coefficient (Wildman–Crippen LogP) is 3.77. The molecule has 5 aromatic rings.